The van der Waals surface area contributed by atoms with Gasteiger partial charge in [-0.25, -0.2) is 0 Å². The number of hydrogen-bond donors (Lipinski definition) is 1. The Labute approximate surface area is 194 Å². The molecule has 32 heavy (non-hydrogen) atoms. The van der Waals surface area contributed by atoms with Gasteiger partial charge >= 0.3 is 5.97 Å². The molecule has 5 unspecified atom stereocenters. The van der Waals surface area contributed by atoms with Crippen molar-refractivity contribution < 1.29 is 14.6 Å². The van der Waals surface area contributed by atoms with E-state index >= 15 is 0 Å². The van der Waals surface area contributed by atoms with Gasteiger partial charge in [-0.05, 0) is 55.3 Å². The topological polar surface area (TPSA) is 70.3 Å². The maximum Gasteiger partial charge on any atom is 0.316 e. The van der Waals surface area contributed by atoms with Crippen molar-refractivity contribution in [3.8, 4) is 6.07 Å². The first-order chi connectivity index (χ1) is 15.3. The molecule has 4 rings (SSSR count). The second-order valence-electron chi connectivity index (χ2n) is 11.7. The Kier molecular flexibility index (Phi) is 6.54. The van der Waals surface area contributed by atoms with E-state index in [1.54, 1.807) is 0 Å². The quantitative estimate of drug-likeness (QED) is 0.289. The van der Waals surface area contributed by atoms with Crippen molar-refractivity contribution in [3.63, 3.8) is 0 Å². The Morgan fingerprint density at radius 3 is 2.59 bits per heavy atom. The smallest absolute Gasteiger partial charge is 0.316 e. The van der Waals surface area contributed by atoms with Gasteiger partial charge in [-0.2, -0.15) is 5.26 Å². The predicted molar refractivity (Wildman–Crippen MR) is 126 cm³/mol. The third kappa shape index (κ3) is 2.99. The number of carboxylic acid groups (broad SMARTS) is 1. The molecule has 0 aliphatic heterocycles. The Hall–Kier alpha value is -1.34. The van der Waals surface area contributed by atoms with Crippen LogP contribution in [-0.4, -0.2) is 24.3 Å². The Morgan fingerprint density at radius 2 is 1.94 bits per heavy atom. The summed E-state index contributed by atoms with van der Waals surface area (Å²) in [4.78, 5) is 13.3. The van der Waals surface area contributed by atoms with Gasteiger partial charge < -0.3 is 9.84 Å². The first-order valence-corrected chi connectivity index (χ1v) is 13.3. The molecule has 0 heterocycles. The minimum atomic E-state index is -1.08. The van der Waals surface area contributed by atoms with E-state index in [2.05, 4.69) is 39.8 Å². The van der Waals surface area contributed by atoms with Gasteiger partial charge in [0.15, 0.2) is 0 Å². The first kappa shape index (κ1) is 23.8. The van der Waals surface area contributed by atoms with Crippen molar-refractivity contribution in [1.29, 1.82) is 5.26 Å². The van der Waals surface area contributed by atoms with Crippen molar-refractivity contribution in [3.05, 3.63) is 11.6 Å². The van der Waals surface area contributed by atoms with Crippen LogP contribution < -0.4 is 0 Å². The molecule has 1 N–H and O–H groups in total. The third-order valence-electron chi connectivity index (χ3n) is 10.0. The van der Waals surface area contributed by atoms with Gasteiger partial charge in [0.25, 0.3) is 0 Å². The highest BCUT2D eigenvalue weighted by Crippen LogP contribution is 2.83. The molecular formula is C28H43NO3. The van der Waals surface area contributed by atoms with Gasteiger partial charge in [0.1, 0.15) is 5.41 Å². The van der Waals surface area contributed by atoms with Gasteiger partial charge in [-0.3, -0.25) is 4.79 Å². The number of ether oxygens (including phenoxy) is 1. The van der Waals surface area contributed by atoms with E-state index < -0.39 is 22.2 Å². The normalized spacial score (nSPS) is 41.6. The van der Waals surface area contributed by atoms with Crippen LogP contribution in [0.2, 0.25) is 0 Å². The second-order valence-corrected chi connectivity index (χ2v) is 11.7. The fourth-order valence-corrected chi connectivity index (χ4v) is 8.78. The Morgan fingerprint density at radius 1 is 1.22 bits per heavy atom. The molecule has 4 bridgehead atoms. The van der Waals surface area contributed by atoms with Crippen LogP contribution in [0.1, 0.15) is 91.9 Å². The summed E-state index contributed by atoms with van der Waals surface area (Å²) in [5.41, 5.74) is -1.31. The maximum absolute atomic E-state index is 13.3. The molecule has 4 aliphatic carbocycles. The lowest BCUT2D eigenvalue weighted by atomic mass is 9.43. The highest BCUT2D eigenvalue weighted by atomic mass is 16.5. The molecular weight excluding hydrogens is 398 g/mol. The van der Waals surface area contributed by atoms with Crippen molar-refractivity contribution in [2.24, 2.45) is 45.8 Å². The number of rotatable bonds is 11. The first-order valence-electron chi connectivity index (χ1n) is 13.3. The summed E-state index contributed by atoms with van der Waals surface area (Å²) in [6.07, 6.45) is 13.3. The fraction of sp³-hybridized carbons (Fsp3) is 0.857. The summed E-state index contributed by atoms with van der Waals surface area (Å²) in [5, 5.41) is 21.6. The molecule has 4 heteroatoms. The molecule has 0 aromatic rings. The lowest BCUT2D eigenvalue weighted by molar-refractivity contribution is -0.179. The number of fused-ring (bicyclic) bond motifs is 2. The van der Waals surface area contributed by atoms with Crippen LogP contribution in [0.5, 0.6) is 0 Å². The molecule has 178 valence electrons. The lowest BCUT2D eigenvalue weighted by Gasteiger charge is -2.57. The number of aliphatic carboxylic acids is 1. The van der Waals surface area contributed by atoms with Crippen molar-refractivity contribution in [2.75, 3.05) is 13.2 Å². The van der Waals surface area contributed by atoms with Crippen LogP contribution in [0.3, 0.4) is 0 Å². The van der Waals surface area contributed by atoms with E-state index in [4.69, 9.17) is 4.74 Å². The van der Waals surface area contributed by atoms with E-state index in [-0.39, 0.29) is 17.8 Å². The number of nitriles is 1. The molecule has 7 atom stereocenters. The van der Waals surface area contributed by atoms with Gasteiger partial charge in [0, 0.05) is 12.0 Å². The SMILES string of the molecule is CCCCCCCCOC[C@]12CC3C(C)CCC3[C@@]3(C#N)CC1C=C(C(C)C)C23C(=O)O. The lowest BCUT2D eigenvalue weighted by Crippen LogP contribution is -2.62. The summed E-state index contributed by atoms with van der Waals surface area (Å²) < 4.78 is 6.35. The standard InChI is InChI=1S/C28H43NO3/c1-5-6-7-8-9-10-13-32-18-27-16-22-20(4)11-12-23(22)26(17-29)15-21(27)14-24(19(2)3)28(26,27)25(30)31/h14,19-23H,5-13,15-16,18H2,1-4H3,(H,30,31)/t20?,21?,22?,23?,26-,27+,28?/m0/s1. The molecule has 4 nitrogen and oxygen atoms in total. The number of unbranched alkanes of at least 4 members (excludes halogenated alkanes) is 5. The monoisotopic (exact) mass is 441 g/mol. The average Bonchev–Trinajstić information content (AvgIpc) is 3.33. The van der Waals surface area contributed by atoms with E-state index in [1.807, 2.05) is 0 Å². The Balaban J connectivity index is 1.63. The molecule has 3 saturated carbocycles. The molecule has 4 aliphatic rings. The van der Waals surface area contributed by atoms with Crippen LogP contribution in [0.4, 0.5) is 0 Å². The number of nitrogens with zero attached hydrogens (tertiary/aromatic N) is 1. The van der Waals surface area contributed by atoms with Gasteiger partial charge in [0.2, 0.25) is 0 Å². The zero-order chi connectivity index (χ0) is 23.1. The fourth-order valence-electron chi connectivity index (χ4n) is 8.78. The Bertz CT molecular complexity index is 797. The van der Waals surface area contributed by atoms with Gasteiger partial charge in [-0.1, -0.05) is 77.9 Å². The number of allylic oxidation sites excluding steroid dienone is 1. The van der Waals surface area contributed by atoms with Gasteiger partial charge in [-0.15, -0.1) is 0 Å². The van der Waals surface area contributed by atoms with Crippen molar-refractivity contribution in [2.45, 2.75) is 91.9 Å². The molecule has 0 aromatic carbocycles. The minimum absolute atomic E-state index is 0.137. The van der Waals surface area contributed by atoms with Crippen LogP contribution in [0.15, 0.2) is 11.6 Å². The largest absolute Gasteiger partial charge is 0.481 e. The summed E-state index contributed by atoms with van der Waals surface area (Å²) in [6, 6.07) is 2.72. The zero-order valence-electron chi connectivity index (χ0n) is 20.7. The van der Waals surface area contributed by atoms with E-state index in [0.29, 0.717) is 31.5 Å². The highest BCUT2D eigenvalue weighted by molar-refractivity contribution is 5.85. The maximum atomic E-state index is 13.3. The van der Waals surface area contributed by atoms with Gasteiger partial charge in [0.05, 0.1) is 18.1 Å². The number of hydrogen-bond acceptors (Lipinski definition) is 3. The third-order valence-corrected chi connectivity index (χ3v) is 10.0. The minimum Gasteiger partial charge on any atom is -0.481 e. The van der Waals surface area contributed by atoms with Crippen LogP contribution >= 0.6 is 0 Å². The molecule has 0 aromatic heterocycles. The van der Waals surface area contributed by atoms with Crippen molar-refractivity contribution >= 4 is 5.97 Å². The summed E-state index contributed by atoms with van der Waals surface area (Å²) >= 11 is 0. The second kappa shape index (κ2) is 8.79. The van der Waals surface area contributed by atoms with Crippen LogP contribution in [-0.2, 0) is 9.53 Å². The van der Waals surface area contributed by atoms with E-state index in [1.165, 1.54) is 32.1 Å². The van der Waals surface area contributed by atoms with Crippen LogP contribution in [0, 0.1) is 57.2 Å². The molecule has 3 fully saturated rings. The number of carboxylic acids is 1. The molecule has 0 radical (unpaired) electrons. The molecule has 0 saturated heterocycles. The number of carbonyl (C=O) groups is 1. The van der Waals surface area contributed by atoms with Crippen molar-refractivity contribution in [1.82, 2.24) is 0 Å². The zero-order valence-corrected chi connectivity index (χ0v) is 20.7. The summed E-state index contributed by atoms with van der Waals surface area (Å²) in [5.74, 6) is 0.745. The predicted octanol–water partition coefficient (Wildman–Crippen LogP) is 6.61. The highest BCUT2D eigenvalue weighted by Gasteiger charge is 2.84. The average molecular weight is 442 g/mol. The van der Waals surface area contributed by atoms with Crippen LogP contribution in [0.25, 0.3) is 0 Å². The molecule has 0 spiro atoms. The summed E-state index contributed by atoms with van der Waals surface area (Å²) in [7, 11) is 0. The van der Waals surface area contributed by atoms with E-state index in [0.717, 1.165) is 31.3 Å². The van der Waals surface area contributed by atoms with E-state index in [9.17, 15) is 15.2 Å². The summed E-state index contributed by atoms with van der Waals surface area (Å²) in [6.45, 7) is 9.96. The molecule has 0 amide bonds.